The minimum Gasteiger partial charge on any atom is -0.393 e. The second kappa shape index (κ2) is 5.24. The molecule has 2 unspecified atom stereocenters. The van der Waals surface area contributed by atoms with Crippen molar-refractivity contribution < 1.29 is 18.1 Å². The number of hydrogen-bond acceptors (Lipinski definition) is 6. The van der Waals surface area contributed by atoms with Crippen LogP contribution in [-0.4, -0.2) is 31.6 Å². The second-order valence-electron chi connectivity index (χ2n) is 5.24. The van der Waals surface area contributed by atoms with E-state index in [2.05, 4.69) is 4.72 Å². The highest BCUT2D eigenvalue weighted by molar-refractivity contribution is 7.89. The predicted molar refractivity (Wildman–Crippen MR) is 76.3 cm³/mol. The molecule has 8 nitrogen and oxygen atoms in total. The predicted octanol–water partition coefficient (Wildman–Crippen LogP) is 1.02. The van der Waals surface area contributed by atoms with Crippen molar-refractivity contribution in [2.24, 2.45) is 0 Å². The molecule has 0 aromatic heterocycles. The summed E-state index contributed by atoms with van der Waals surface area (Å²) in [5.41, 5.74) is 3.92. The van der Waals surface area contributed by atoms with Crippen LogP contribution in [0.4, 0.5) is 11.4 Å². The van der Waals surface area contributed by atoms with Gasteiger partial charge in [0.15, 0.2) is 4.90 Å². The summed E-state index contributed by atoms with van der Waals surface area (Å²) in [6.07, 6.45) is 0.163. The van der Waals surface area contributed by atoms with Crippen molar-refractivity contribution in [3.63, 3.8) is 0 Å². The Hall–Kier alpha value is -1.71. The molecule has 0 amide bonds. The monoisotopic (exact) mass is 315 g/mol. The molecule has 0 bridgehead atoms. The first-order valence-corrected chi connectivity index (χ1v) is 7.84. The molecular formula is C12H17N3O5S. The van der Waals surface area contributed by atoms with Crippen LogP contribution >= 0.6 is 0 Å². The number of hydrogen-bond donors (Lipinski definition) is 2. The van der Waals surface area contributed by atoms with Gasteiger partial charge in [0.2, 0.25) is 10.0 Å². The average Bonchev–Trinajstić information content (AvgIpc) is 2.67. The van der Waals surface area contributed by atoms with Crippen LogP contribution in [0.15, 0.2) is 23.1 Å². The minimum absolute atomic E-state index is 0.191. The van der Waals surface area contributed by atoms with Crippen LogP contribution in [0.3, 0.4) is 0 Å². The van der Waals surface area contributed by atoms with Crippen LogP contribution in [0.2, 0.25) is 0 Å². The molecular weight excluding hydrogens is 298 g/mol. The third-order valence-corrected chi connectivity index (χ3v) is 5.40. The summed E-state index contributed by atoms with van der Waals surface area (Å²) < 4.78 is 32.9. The van der Waals surface area contributed by atoms with Crippen molar-refractivity contribution in [1.82, 2.24) is 4.72 Å². The van der Waals surface area contributed by atoms with E-state index < -0.39 is 31.1 Å². The normalized spacial score (nSPS) is 25.9. The lowest BCUT2D eigenvalue weighted by Gasteiger charge is -2.28. The Morgan fingerprint density at radius 2 is 2.19 bits per heavy atom. The molecule has 1 saturated heterocycles. The second-order valence-corrected chi connectivity index (χ2v) is 6.89. The number of ether oxygens (including phenoxy) is 1. The average molecular weight is 315 g/mol. The zero-order valence-electron chi connectivity index (χ0n) is 11.7. The number of para-hydroxylation sites is 1. The molecule has 0 saturated carbocycles. The minimum atomic E-state index is -4.08. The van der Waals surface area contributed by atoms with Crippen LogP contribution in [-0.2, 0) is 14.8 Å². The Morgan fingerprint density at radius 1 is 1.52 bits per heavy atom. The van der Waals surface area contributed by atoms with Gasteiger partial charge in [-0.25, -0.2) is 13.1 Å². The summed E-state index contributed by atoms with van der Waals surface area (Å²) in [5, 5.41) is 11.1. The van der Waals surface area contributed by atoms with E-state index in [-0.39, 0.29) is 11.8 Å². The molecule has 1 aromatic rings. The van der Waals surface area contributed by atoms with Gasteiger partial charge in [-0.05, 0) is 32.4 Å². The van der Waals surface area contributed by atoms with Gasteiger partial charge in [0.1, 0.15) is 5.69 Å². The molecule has 1 aromatic carbocycles. The number of nitro groups is 1. The Morgan fingerprint density at radius 3 is 2.71 bits per heavy atom. The lowest BCUT2D eigenvalue weighted by molar-refractivity contribution is -0.386. The van der Waals surface area contributed by atoms with E-state index in [1.165, 1.54) is 18.2 Å². The van der Waals surface area contributed by atoms with Gasteiger partial charge in [-0.2, -0.15) is 0 Å². The largest absolute Gasteiger partial charge is 0.393 e. The summed E-state index contributed by atoms with van der Waals surface area (Å²) in [7, 11) is -4.08. The number of rotatable bonds is 4. The van der Waals surface area contributed by atoms with Crippen LogP contribution < -0.4 is 10.5 Å². The molecule has 9 heteroatoms. The highest BCUT2D eigenvalue weighted by Gasteiger charge is 2.42. The maximum Gasteiger partial charge on any atom is 0.312 e. The van der Waals surface area contributed by atoms with Crippen molar-refractivity contribution >= 4 is 21.4 Å². The zero-order valence-corrected chi connectivity index (χ0v) is 12.5. The van der Waals surface area contributed by atoms with Crippen molar-refractivity contribution in [3.8, 4) is 0 Å². The van der Waals surface area contributed by atoms with Crippen molar-refractivity contribution in [2.75, 3.05) is 12.3 Å². The summed E-state index contributed by atoms with van der Waals surface area (Å²) >= 11 is 0. The quantitative estimate of drug-likeness (QED) is 0.485. The van der Waals surface area contributed by atoms with E-state index in [1.807, 2.05) is 0 Å². The first kappa shape index (κ1) is 15.7. The molecule has 2 atom stereocenters. The van der Waals surface area contributed by atoms with Gasteiger partial charge in [0.05, 0.1) is 16.6 Å². The van der Waals surface area contributed by atoms with Crippen molar-refractivity contribution in [1.29, 1.82) is 0 Å². The molecule has 0 radical (unpaired) electrons. The Kier molecular flexibility index (Phi) is 3.91. The summed E-state index contributed by atoms with van der Waals surface area (Å²) in [5.74, 6) is 0. The van der Waals surface area contributed by atoms with Gasteiger partial charge in [-0.1, -0.05) is 6.07 Å². The molecule has 1 fully saturated rings. The number of anilines is 1. The molecule has 3 N–H and O–H groups in total. The number of benzene rings is 1. The number of nitro benzene ring substituents is 1. The number of nitrogen functional groups attached to an aromatic ring is 1. The third-order valence-electron chi connectivity index (χ3n) is 3.76. The fourth-order valence-electron chi connectivity index (χ4n) is 2.28. The van der Waals surface area contributed by atoms with Crippen LogP contribution in [0.1, 0.15) is 20.3 Å². The molecule has 21 heavy (non-hydrogen) atoms. The van der Waals surface area contributed by atoms with E-state index >= 15 is 0 Å². The summed E-state index contributed by atoms with van der Waals surface area (Å²) in [6.45, 7) is 3.89. The lowest BCUT2D eigenvalue weighted by atomic mass is 9.97. The van der Waals surface area contributed by atoms with Gasteiger partial charge in [0.25, 0.3) is 0 Å². The highest BCUT2D eigenvalue weighted by Crippen LogP contribution is 2.32. The Labute approximate surface area is 122 Å². The smallest absolute Gasteiger partial charge is 0.312 e. The number of sulfonamides is 1. The SMILES string of the molecule is CC1OCCC1(C)NS(=O)(=O)c1cccc(N)c1[N+](=O)[O-]. The third kappa shape index (κ3) is 2.85. The fourth-order valence-corrected chi connectivity index (χ4v) is 3.98. The van der Waals surface area contributed by atoms with E-state index in [1.54, 1.807) is 13.8 Å². The Balaban J connectivity index is 2.46. The van der Waals surface area contributed by atoms with E-state index in [0.29, 0.717) is 13.0 Å². The lowest BCUT2D eigenvalue weighted by Crippen LogP contribution is -2.50. The molecule has 1 aliphatic rings. The summed E-state index contributed by atoms with van der Waals surface area (Å²) in [6, 6.07) is 3.83. The number of nitrogens with zero attached hydrogens (tertiary/aromatic N) is 1. The van der Waals surface area contributed by atoms with Gasteiger partial charge in [-0.15, -0.1) is 0 Å². The van der Waals surface area contributed by atoms with Gasteiger partial charge in [0, 0.05) is 6.61 Å². The van der Waals surface area contributed by atoms with Crippen molar-refractivity contribution in [2.45, 2.75) is 36.8 Å². The highest BCUT2D eigenvalue weighted by atomic mass is 32.2. The van der Waals surface area contributed by atoms with Gasteiger partial charge >= 0.3 is 5.69 Å². The summed E-state index contributed by atoms with van der Waals surface area (Å²) in [4.78, 5) is 9.85. The topological polar surface area (TPSA) is 125 Å². The van der Waals surface area contributed by atoms with Crippen molar-refractivity contribution in [3.05, 3.63) is 28.3 Å². The first-order chi connectivity index (χ1) is 9.67. The molecule has 116 valence electrons. The number of nitrogens with two attached hydrogens (primary N) is 1. The molecule has 1 heterocycles. The maximum atomic E-state index is 12.5. The maximum absolute atomic E-state index is 12.5. The van der Waals surface area contributed by atoms with Crippen LogP contribution in [0.5, 0.6) is 0 Å². The van der Waals surface area contributed by atoms with E-state index in [9.17, 15) is 18.5 Å². The molecule has 0 spiro atoms. The van der Waals surface area contributed by atoms with E-state index in [4.69, 9.17) is 10.5 Å². The number of nitrogens with one attached hydrogen (secondary N) is 1. The Bertz CT molecular complexity index is 675. The fraction of sp³-hybridized carbons (Fsp3) is 0.500. The van der Waals surface area contributed by atoms with Crippen LogP contribution in [0, 0.1) is 10.1 Å². The van der Waals surface area contributed by atoms with Gasteiger partial charge < -0.3 is 10.5 Å². The standard InChI is InChI=1S/C12H17N3O5S/c1-8-12(2,6-7-20-8)14-21(18,19)10-5-3-4-9(13)11(10)15(16)17/h3-5,8,14H,6-7,13H2,1-2H3. The molecule has 1 aliphatic heterocycles. The zero-order chi connectivity index (χ0) is 15.8. The van der Waals surface area contributed by atoms with Gasteiger partial charge in [-0.3, -0.25) is 10.1 Å². The van der Waals surface area contributed by atoms with E-state index in [0.717, 1.165) is 0 Å². The molecule has 2 rings (SSSR count). The first-order valence-electron chi connectivity index (χ1n) is 6.36. The van der Waals surface area contributed by atoms with Crippen LogP contribution in [0.25, 0.3) is 0 Å². The molecule has 0 aliphatic carbocycles.